The number of allylic oxidation sites excluding steroid dienone is 1. The Morgan fingerprint density at radius 3 is 3.08 bits per heavy atom. The molecule has 1 rings (SSSR count). The quantitative estimate of drug-likeness (QED) is 0.615. The van der Waals surface area contributed by atoms with Crippen molar-refractivity contribution in [2.24, 2.45) is 0 Å². The first-order valence-corrected chi connectivity index (χ1v) is 4.68. The van der Waals surface area contributed by atoms with E-state index in [2.05, 4.69) is 18.2 Å². The fraction of sp³-hybridized carbons (Fsp3) is 0.636. The fourth-order valence-electron chi connectivity index (χ4n) is 1.69. The predicted octanol–water partition coefficient (Wildman–Crippen LogP) is 2.10. The Labute approximate surface area is 75.2 Å². The highest BCUT2D eigenvalue weighted by Crippen LogP contribution is 2.14. The van der Waals surface area contributed by atoms with Crippen molar-refractivity contribution in [3.05, 3.63) is 11.6 Å². The summed E-state index contributed by atoms with van der Waals surface area (Å²) in [5.41, 5.74) is 1.32. The zero-order chi connectivity index (χ0) is 8.81. The van der Waals surface area contributed by atoms with Crippen LogP contribution in [-0.4, -0.2) is 12.6 Å². The molecule has 1 N–H and O–H groups in total. The highest BCUT2D eigenvalue weighted by molar-refractivity contribution is 5.16. The van der Waals surface area contributed by atoms with E-state index in [1.165, 1.54) is 31.4 Å². The number of hydrogen-bond donors (Lipinski definition) is 1. The van der Waals surface area contributed by atoms with E-state index in [4.69, 9.17) is 6.42 Å². The van der Waals surface area contributed by atoms with E-state index in [0.717, 1.165) is 6.42 Å². The molecule has 1 heteroatoms. The van der Waals surface area contributed by atoms with E-state index >= 15 is 0 Å². The summed E-state index contributed by atoms with van der Waals surface area (Å²) in [6, 6.07) is 0.670. The van der Waals surface area contributed by atoms with Gasteiger partial charge in [0.25, 0.3) is 0 Å². The summed E-state index contributed by atoms with van der Waals surface area (Å²) in [5.74, 6) is 2.57. The molecule has 0 spiro atoms. The maximum atomic E-state index is 5.19. The average molecular weight is 163 g/mol. The molecule has 1 fully saturated rings. The van der Waals surface area contributed by atoms with Crippen molar-refractivity contribution in [2.75, 3.05) is 6.54 Å². The molecule has 1 nitrogen and oxygen atoms in total. The molecule has 0 bridgehead atoms. The smallest absolute Gasteiger partial charge is 0.0104 e. The first-order valence-electron chi connectivity index (χ1n) is 4.68. The molecule has 0 aromatic heterocycles. The zero-order valence-electron chi connectivity index (χ0n) is 7.77. The Hall–Kier alpha value is -0.740. The fourth-order valence-corrected chi connectivity index (χ4v) is 1.69. The molecule has 1 atom stereocenters. The molecule has 66 valence electrons. The molecule has 1 aliphatic heterocycles. The van der Waals surface area contributed by atoms with Gasteiger partial charge in [-0.25, -0.2) is 0 Å². The molecular formula is C11H17N. The number of rotatable bonds is 2. The second-order valence-electron chi connectivity index (χ2n) is 3.51. The number of nitrogens with one attached hydrogen (secondary N) is 1. The van der Waals surface area contributed by atoms with Crippen LogP contribution in [0, 0.1) is 12.3 Å². The molecule has 0 amide bonds. The second-order valence-corrected chi connectivity index (χ2v) is 3.51. The molecule has 1 aliphatic rings. The van der Waals surface area contributed by atoms with Crippen molar-refractivity contribution >= 4 is 0 Å². The minimum Gasteiger partial charge on any atom is -0.314 e. The molecule has 0 radical (unpaired) electrons. The largest absolute Gasteiger partial charge is 0.314 e. The third kappa shape index (κ3) is 3.11. The third-order valence-corrected chi connectivity index (χ3v) is 2.31. The Morgan fingerprint density at radius 1 is 1.67 bits per heavy atom. The van der Waals surface area contributed by atoms with Gasteiger partial charge in [0.2, 0.25) is 0 Å². The molecular weight excluding hydrogens is 146 g/mol. The van der Waals surface area contributed by atoms with Crippen LogP contribution in [-0.2, 0) is 0 Å². The lowest BCUT2D eigenvalue weighted by Gasteiger charge is -2.23. The lowest BCUT2D eigenvalue weighted by atomic mass is 9.98. The van der Waals surface area contributed by atoms with E-state index in [-0.39, 0.29) is 0 Å². The Morgan fingerprint density at radius 2 is 2.50 bits per heavy atom. The Balaban J connectivity index is 2.30. The zero-order valence-corrected chi connectivity index (χ0v) is 7.77. The first-order chi connectivity index (χ1) is 5.83. The van der Waals surface area contributed by atoms with Crippen LogP contribution in [0.2, 0.25) is 0 Å². The number of terminal acetylenes is 1. The highest BCUT2D eigenvalue weighted by atomic mass is 14.9. The van der Waals surface area contributed by atoms with Gasteiger partial charge >= 0.3 is 0 Å². The first kappa shape index (κ1) is 9.35. The van der Waals surface area contributed by atoms with Crippen LogP contribution in [0.4, 0.5) is 0 Å². The Bertz CT molecular complexity index is 192. The van der Waals surface area contributed by atoms with Gasteiger partial charge < -0.3 is 5.32 Å². The van der Waals surface area contributed by atoms with Crippen molar-refractivity contribution in [2.45, 2.75) is 38.6 Å². The van der Waals surface area contributed by atoms with Gasteiger partial charge in [0.1, 0.15) is 0 Å². The number of piperidine rings is 1. The van der Waals surface area contributed by atoms with Gasteiger partial charge in [0.05, 0.1) is 0 Å². The van der Waals surface area contributed by atoms with E-state index in [0.29, 0.717) is 6.04 Å². The lowest BCUT2D eigenvalue weighted by molar-refractivity contribution is 0.399. The van der Waals surface area contributed by atoms with Crippen LogP contribution in [0.1, 0.15) is 32.6 Å². The minimum absolute atomic E-state index is 0.670. The molecule has 1 unspecified atom stereocenters. The van der Waals surface area contributed by atoms with Crippen LogP contribution < -0.4 is 5.32 Å². The molecule has 12 heavy (non-hydrogen) atoms. The summed E-state index contributed by atoms with van der Waals surface area (Å²) in [7, 11) is 0. The molecule has 0 aromatic rings. The molecule has 0 aliphatic carbocycles. The van der Waals surface area contributed by atoms with Gasteiger partial charge in [-0.05, 0) is 38.8 Å². The van der Waals surface area contributed by atoms with Crippen molar-refractivity contribution in [1.29, 1.82) is 0 Å². The maximum Gasteiger partial charge on any atom is 0.0104 e. The highest BCUT2D eigenvalue weighted by Gasteiger charge is 2.11. The van der Waals surface area contributed by atoms with Crippen molar-refractivity contribution in [3.63, 3.8) is 0 Å². The Kier molecular flexibility index (Phi) is 3.90. The molecule has 0 aromatic carbocycles. The van der Waals surface area contributed by atoms with Gasteiger partial charge in [0, 0.05) is 6.04 Å². The number of hydrogen-bond acceptors (Lipinski definition) is 1. The van der Waals surface area contributed by atoms with Gasteiger partial charge in [0.15, 0.2) is 0 Å². The van der Waals surface area contributed by atoms with Crippen molar-refractivity contribution in [1.82, 2.24) is 5.32 Å². The summed E-state index contributed by atoms with van der Waals surface area (Å²) >= 11 is 0. The van der Waals surface area contributed by atoms with Crippen molar-refractivity contribution < 1.29 is 0 Å². The van der Waals surface area contributed by atoms with Crippen molar-refractivity contribution in [3.8, 4) is 12.3 Å². The lowest BCUT2D eigenvalue weighted by Crippen LogP contribution is -2.33. The normalized spacial score (nSPS) is 25.0. The SMILES string of the molecule is C#C/C=C(\C)CC1CCCCN1. The summed E-state index contributed by atoms with van der Waals surface area (Å²) in [6.07, 6.45) is 12.2. The van der Waals surface area contributed by atoms with E-state index in [1.54, 1.807) is 0 Å². The van der Waals surface area contributed by atoms with Gasteiger partial charge in [-0.1, -0.05) is 17.9 Å². The van der Waals surface area contributed by atoms with E-state index in [9.17, 15) is 0 Å². The minimum atomic E-state index is 0.670. The van der Waals surface area contributed by atoms with Crippen LogP contribution >= 0.6 is 0 Å². The predicted molar refractivity (Wildman–Crippen MR) is 52.8 cm³/mol. The third-order valence-electron chi connectivity index (χ3n) is 2.31. The molecule has 1 saturated heterocycles. The van der Waals surface area contributed by atoms with Crippen LogP contribution in [0.3, 0.4) is 0 Å². The van der Waals surface area contributed by atoms with Crippen LogP contribution in [0.25, 0.3) is 0 Å². The van der Waals surface area contributed by atoms with Gasteiger partial charge in [-0.3, -0.25) is 0 Å². The van der Waals surface area contributed by atoms with E-state index in [1.807, 2.05) is 6.08 Å². The second kappa shape index (κ2) is 5.00. The monoisotopic (exact) mass is 163 g/mol. The summed E-state index contributed by atoms with van der Waals surface area (Å²) in [6.45, 7) is 3.28. The molecule has 1 heterocycles. The topological polar surface area (TPSA) is 12.0 Å². The summed E-state index contributed by atoms with van der Waals surface area (Å²) < 4.78 is 0. The van der Waals surface area contributed by atoms with Gasteiger partial charge in [-0.15, -0.1) is 6.42 Å². The van der Waals surface area contributed by atoms with Crippen LogP contribution in [0.5, 0.6) is 0 Å². The summed E-state index contributed by atoms with van der Waals surface area (Å²) in [5, 5.41) is 3.50. The van der Waals surface area contributed by atoms with Crippen LogP contribution in [0.15, 0.2) is 11.6 Å². The maximum absolute atomic E-state index is 5.19. The molecule has 0 saturated carbocycles. The van der Waals surface area contributed by atoms with E-state index < -0.39 is 0 Å². The standard InChI is InChI=1S/C11H17N/c1-3-6-10(2)9-11-7-4-5-8-12-11/h1,6,11-12H,4-5,7-9H2,2H3/b10-6+. The average Bonchev–Trinajstić information content (AvgIpc) is 2.06. The summed E-state index contributed by atoms with van der Waals surface area (Å²) in [4.78, 5) is 0. The van der Waals surface area contributed by atoms with Gasteiger partial charge in [-0.2, -0.15) is 0 Å².